The lowest BCUT2D eigenvalue weighted by Gasteiger charge is -2.27. The van der Waals surface area contributed by atoms with Gasteiger partial charge < -0.3 is 14.6 Å². The maximum atomic E-state index is 14.3. The minimum atomic E-state index is -4.66. The van der Waals surface area contributed by atoms with E-state index in [4.69, 9.17) is 4.74 Å². The lowest BCUT2D eigenvalue weighted by Crippen LogP contribution is -2.26. The predicted octanol–water partition coefficient (Wildman–Crippen LogP) is 5.07. The number of alkyl halides is 2. The normalized spacial score (nSPS) is 20.3. The highest BCUT2D eigenvalue weighted by atomic mass is 19.3. The lowest BCUT2D eigenvalue weighted by molar-refractivity contribution is -0.190. The van der Waals surface area contributed by atoms with Gasteiger partial charge in [0, 0.05) is 12.1 Å². The molecular weight excluding hydrogens is 397 g/mol. The van der Waals surface area contributed by atoms with Gasteiger partial charge in [-0.2, -0.15) is 8.78 Å². The summed E-state index contributed by atoms with van der Waals surface area (Å²) >= 11 is 0. The van der Waals surface area contributed by atoms with Gasteiger partial charge >= 0.3 is 6.11 Å². The molecule has 10 heteroatoms. The molecule has 0 spiro atoms. The largest absolute Gasteiger partial charge is 0.432 e. The molecule has 1 N–H and O–H groups in total. The summed E-state index contributed by atoms with van der Waals surface area (Å²) < 4.78 is 105. The minimum absolute atomic E-state index is 0.104. The van der Waals surface area contributed by atoms with Gasteiger partial charge in [0.15, 0.2) is 23.7 Å². The summed E-state index contributed by atoms with van der Waals surface area (Å²) in [5.41, 5.74) is -1.90. The number of halogens is 7. The number of aliphatic hydroxyl groups is 1. The van der Waals surface area contributed by atoms with Crippen LogP contribution in [-0.4, -0.2) is 11.4 Å². The SMILES string of the molecule is OC1CCCC(c2cc(F)c(C(F)(F)Oc3cc(F)c(F)c(F)c3)c(F)c2)O1. The first kappa shape index (κ1) is 20.4. The van der Waals surface area contributed by atoms with E-state index in [1.807, 2.05) is 0 Å². The van der Waals surface area contributed by atoms with Gasteiger partial charge in [0.2, 0.25) is 0 Å². The molecular formula is C18H13F7O3. The smallest absolute Gasteiger partial charge is 0.429 e. The van der Waals surface area contributed by atoms with Crippen LogP contribution in [0.15, 0.2) is 24.3 Å². The number of hydrogen-bond acceptors (Lipinski definition) is 3. The van der Waals surface area contributed by atoms with Gasteiger partial charge in [-0.15, -0.1) is 0 Å². The van der Waals surface area contributed by atoms with Crippen molar-refractivity contribution in [2.45, 2.75) is 37.8 Å². The summed E-state index contributed by atoms with van der Waals surface area (Å²) in [6, 6.07) is 1.44. The predicted molar refractivity (Wildman–Crippen MR) is 80.9 cm³/mol. The van der Waals surface area contributed by atoms with E-state index in [1.54, 1.807) is 0 Å². The minimum Gasteiger partial charge on any atom is -0.429 e. The number of ether oxygens (including phenoxy) is 2. The Hall–Kier alpha value is -2.33. The zero-order chi connectivity index (χ0) is 20.6. The third kappa shape index (κ3) is 4.07. The molecule has 1 saturated heterocycles. The molecule has 28 heavy (non-hydrogen) atoms. The molecule has 0 aliphatic carbocycles. The van der Waals surface area contributed by atoms with Gasteiger partial charge in [-0.1, -0.05) is 0 Å². The molecule has 0 saturated carbocycles. The van der Waals surface area contributed by atoms with Crippen molar-refractivity contribution in [2.24, 2.45) is 0 Å². The quantitative estimate of drug-likeness (QED) is 0.565. The molecule has 1 heterocycles. The van der Waals surface area contributed by atoms with Crippen LogP contribution in [0, 0.1) is 29.1 Å². The fourth-order valence-electron chi connectivity index (χ4n) is 2.90. The third-order valence-corrected chi connectivity index (χ3v) is 4.17. The fraction of sp³-hybridized carbons (Fsp3) is 0.333. The van der Waals surface area contributed by atoms with Crippen molar-refractivity contribution in [1.29, 1.82) is 0 Å². The fourth-order valence-corrected chi connectivity index (χ4v) is 2.90. The highest BCUT2D eigenvalue weighted by molar-refractivity contribution is 5.32. The molecule has 3 nitrogen and oxygen atoms in total. The molecule has 2 unspecified atom stereocenters. The second-order valence-corrected chi connectivity index (χ2v) is 6.19. The van der Waals surface area contributed by atoms with E-state index >= 15 is 0 Å². The summed E-state index contributed by atoms with van der Waals surface area (Å²) in [5, 5.41) is 9.45. The first-order valence-corrected chi connectivity index (χ1v) is 8.13. The highest BCUT2D eigenvalue weighted by Gasteiger charge is 2.42. The Labute approximate surface area is 154 Å². The van der Waals surface area contributed by atoms with Gasteiger partial charge in [-0.25, -0.2) is 22.0 Å². The number of aliphatic hydroxyl groups excluding tert-OH is 1. The first-order valence-electron chi connectivity index (χ1n) is 8.13. The average molecular weight is 410 g/mol. The van der Waals surface area contributed by atoms with E-state index in [0.29, 0.717) is 31.4 Å². The van der Waals surface area contributed by atoms with Crippen molar-refractivity contribution < 1.29 is 45.3 Å². The maximum Gasteiger partial charge on any atom is 0.432 e. The molecule has 2 atom stereocenters. The van der Waals surface area contributed by atoms with E-state index in [2.05, 4.69) is 4.74 Å². The molecule has 1 aliphatic rings. The summed E-state index contributed by atoms with van der Waals surface area (Å²) in [6.07, 6.45) is -5.55. The van der Waals surface area contributed by atoms with E-state index in [-0.39, 0.29) is 17.7 Å². The van der Waals surface area contributed by atoms with E-state index in [9.17, 15) is 35.8 Å². The molecule has 1 fully saturated rings. The molecule has 3 rings (SSSR count). The molecule has 2 aromatic carbocycles. The van der Waals surface area contributed by atoms with Crippen molar-refractivity contribution in [3.05, 3.63) is 64.5 Å². The van der Waals surface area contributed by atoms with Crippen LogP contribution in [0.25, 0.3) is 0 Å². The Morgan fingerprint density at radius 1 is 0.893 bits per heavy atom. The number of hydrogen-bond donors (Lipinski definition) is 1. The van der Waals surface area contributed by atoms with Crippen molar-refractivity contribution in [2.75, 3.05) is 0 Å². The number of rotatable bonds is 4. The monoisotopic (exact) mass is 410 g/mol. The van der Waals surface area contributed by atoms with Crippen LogP contribution in [0.1, 0.15) is 36.5 Å². The van der Waals surface area contributed by atoms with Crippen molar-refractivity contribution in [3.8, 4) is 5.75 Å². The van der Waals surface area contributed by atoms with E-state index in [1.165, 1.54) is 0 Å². The van der Waals surface area contributed by atoms with Gasteiger partial charge in [-0.3, -0.25) is 0 Å². The third-order valence-electron chi connectivity index (χ3n) is 4.17. The molecule has 0 amide bonds. The van der Waals surface area contributed by atoms with Gasteiger partial charge in [0.1, 0.15) is 22.9 Å². The van der Waals surface area contributed by atoms with Gasteiger partial charge in [0.25, 0.3) is 0 Å². The summed E-state index contributed by atoms with van der Waals surface area (Å²) in [7, 11) is 0. The Balaban J connectivity index is 1.91. The van der Waals surface area contributed by atoms with Crippen LogP contribution in [0.4, 0.5) is 30.7 Å². The topological polar surface area (TPSA) is 38.7 Å². The van der Waals surface area contributed by atoms with E-state index in [0.717, 1.165) is 0 Å². The van der Waals surface area contributed by atoms with Crippen LogP contribution < -0.4 is 4.74 Å². The molecule has 0 radical (unpaired) electrons. The molecule has 1 aliphatic heterocycles. The summed E-state index contributed by atoms with van der Waals surface area (Å²) in [6.45, 7) is 0. The van der Waals surface area contributed by atoms with Crippen LogP contribution in [0.3, 0.4) is 0 Å². The van der Waals surface area contributed by atoms with Crippen molar-refractivity contribution >= 4 is 0 Å². The summed E-state index contributed by atoms with van der Waals surface area (Å²) in [5.74, 6) is -10.1. The Morgan fingerprint density at radius 2 is 1.46 bits per heavy atom. The Bertz CT molecular complexity index is 841. The van der Waals surface area contributed by atoms with Gasteiger partial charge in [0.05, 0.1) is 6.10 Å². The van der Waals surface area contributed by atoms with E-state index < -0.39 is 58.9 Å². The zero-order valence-electron chi connectivity index (χ0n) is 14.0. The molecule has 152 valence electrons. The van der Waals surface area contributed by atoms with Crippen molar-refractivity contribution in [1.82, 2.24) is 0 Å². The first-order chi connectivity index (χ1) is 13.1. The van der Waals surface area contributed by atoms with Crippen LogP contribution in [-0.2, 0) is 10.8 Å². The zero-order valence-corrected chi connectivity index (χ0v) is 14.0. The second-order valence-electron chi connectivity index (χ2n) is 6.19. The maximum absolute atomic E-state index is 14.3. The second kappa shape index (κ2) is 7.59. The highest BCUT2D eigenvalue weighted by Crippen LogP contribution is 2.38. The van der Waals surface area contributed by atoms with Gasteiger partial charge in [-0.05, 0) is 37.0 Å². The van der Waals surface area contributed by atoms with Crippen LogP contribution in [0.2, 0.25) is 0 Å². The standard InChI is InChI=1S/C18H13F7O3/c19-10-4-8(14-2-1-3-15(26)27-14)5-11(20)16(10)18(24,25)28-9-6-12(21)17(23)13(22)7-9/h4-7,14-15,26H,1-3H2. The molecule has 0 bridgehead atoms. The Kier molecular flexibility index (Phi) is 5.53. The van der Waals surface area contributed by atoms with Crippen molar-refractivity contribution in [3.63, 3.8) is 0 Å². The number of benzene rings is 2. The van der Waals surface area contributed by atoms with Crippen LogP contribution in [0.5, 0.6) is 5.75 Å². The molecule has 0 aromatic heterocycles. The molecule has 2 aromatic rings. The Morgan fingerprint density at radius 3 is 2.00 bits per heavy atom. The lowest BCUT2D eigenvalue weighted by atomic mass is 9.98. The summed E-state index contributed by atoms with van der Waals surface area (Å²) in [4.78, 5) is 0. The average Bonchev–Trinajstić information content (AvgIpc) is 2.58. The van der Waals surface area contributed by atoms with Crippen LogP contribution >= 0.6 is 0 Å².